The van der Waals surface area contributed by atoms with Crippen LogP contribution >= 0.6 is 0 Å². The second-order valence-corrected chi connectivity index (χ2v) is 4.32. The van der Waals surface area contributed by atoms with Crippen molar-refractivity contribution in [2.24, 2.45) is 0 Å². The predicted molar refractivity (Wildman–Crippen MR) is 56.5 cm³/mol. The molecule has 2 rings (SSSR count). The van der Waals surface area contributed by atoms with E-state index >= 15 is 0 Å². The van der Waals surface area contributed by atoms with Gasteiger partial charge in [-0.1, -0.05) is 6.07 Å². The Balaban J connectivity index is 2.17. The lowest BCUT2D eigenvalue weighted by molar-refractivity contribution is -0.141. The van der Waals surface area contributed by atoms with Crippen LogP contribution in [-0.4, -0.2) is 22.2 Å². The Morgan fingerprint density at radius 1 is 1.35 bits per heavy atom. The number of nitrogens with one attached hydrogen (secondary N) is 1. The van der Waals surface area contributed by atoms with Crippen molar-refractivity contribution in [3.8, 4) is 0 Å². The third-order valence-corrected chi connectivity index (χ3v) is 3.05. The minimum Gasteiger partial charge on any atom is -0.394 e. The second-order valence-electron chi connectivity index (χ2n) is 4.32. The van der Waals surface area contributed by atoms with Gasteiger partial charge >= 0.3 is 6.18 Å². The standard InChI is InChI=1S/C11H13F3N2O/c12-11(13,14)8-3-1-4-9(15-8)16-10(7-17)5-2-6-10/h1,3-4,17H,2,5-7H2,(H,15,16). The van der Waals surface area contributed by atoms with Gasteiger partial charge in [0.05, 0.1) is 12.1 Å². The summed E-state index contributed by atoms with van der Waals surface area (Å²) in [6.07, 6.45) is -1.97. The summed E-state index contributed by atoms with van der Waals surface area (Å²) >= 11 is 0. The van der Waals surface area contributed by atoms with Gasteiger partial charge in [-0.05, 0) is 31.4 Å². The first-order valence-corrected chi connectivity index (χ1v) is 5.39. The van der Waals surface area contributed by atoms with Crippen LogP contribution in [0.15, 0.2) is 18.2 Å². The van der Waals surface area contributed by atoms with E-state index in [4.69, 9.17) is 0 Å². The van der Waals surface area contributed by atoms with Crippen LogP contribution in [0.3, 0.4) is 0 Å². The van der Waals surface area contributed by atoms with Gasteiger partial charge in [0.25, 0.3) is 0 Å². The summed E-state index contributed by atoms with van der Waals surface area (Å²) in [7, 11) is 0. The number of hydrogen-bond acceptors (Lipinski definition) is 3. The van der Waals surface area contributed by atoms with Gasteiger partial charge in [0.15, 0.2) is 0 Å². The highest BCUT2D eigenvalue weighted by atomic mass is 19.4. The Bertz CT molecular complexity index is 396. The van der Waals surface area contributed by atoms with Crippen LogP contribution in [0.2, 0.25) is 0 Å². The molecule has 0 unspecified atom stereocenters. The topological polar surface area (TPSA) is 45.1 Å². The summed E-state index contributed by atoms with van der Waals surface area (Å²) in [4.78, 5) is 3.51. The van der Waals surface area contributed by atoms with E-state index < -0.39 is 17.4 Å². The molecule has 1 fully saturated rings. The quantitative estimate of drug-likeness (QED) is 0.861. The summed E-state index contributed by atoms with van der Waals surface area (Å²) in [6, 6.07) is 3.71. The van der Waals surface area contributed by atoms with Crippen molar-refractivity contribution < 1.29 is 18.3 Å². The van der Waals surface area contributed by atoms with Crippen molar-refractivity contribution in [2.45, 2.75) is 31.0 Å². The predicted octanol–water partition coefficient (Wildman–Crippen LogP) is 2.43. The fraction of sp³-hybridized carbons (Fsp3) is 0.545. The van der Waals surface area contributed by atoms with Crippen LogP contribution < -0.4 is 5.32 Å². The smallest absolute Gasteiger partial charge is 0.394 e. The molecule has 1 aliphatic rings. The third kappa shape index (κ3) is 2.52. The lowest BCUT2D eigenvalue weighted by atomic mass is 9.77. The molecule has 0 bridgehead atoms. The number of aliphatic hydroxyl groups excluding tert-OH is 1. The van der Waals surface area contributed by atoms with Gasteiger partial charge in [0.2, 0.25) is 0 Å². The lowest BCUT2D eigenvalue weighted by Crippen LogP contribution is -2.48. The molecule has 1 aromatic rings. The van der Waals surface area contributed by atoms with E-state index in [0.29, 0.717) is 0 Å². The molecular formula is C11H13F3N2O. The first kappa shape index (κ1) is 12.2. The van der Waals surface area contributed by atoms with E-state index in [0.717, 1.165) is 25.3 Å². The number of nitrogens with zero attached hydrogens (tertiary/aromatic N) is 1. The molecule has 0 aromatic carbocycles. The summed E-state index contributed by atoms with van der Waals surface area (Å²) in [6.45, 7) is -0.0923. The summed E-state index contributed by atoms with van der Waals surface area (Å²) in [5.41, 5.74) is -1.41. The molecule has 1 aliphatic carbocycles. The Morgan fingerprint density at radius 3 is 2.53 bits per heavy atom. The van der Waals surface area contributed by atoms with Crippen LogP contribution in [0.1, 0.15) is 25.0 Å². The molecule has 0 radical (unpaired) electrons. The molecule has 0 spiro atoms. The van der Waals surface area contributed by atoms with Crippen molar-refractivity contribution in [3.63, 3.8) is 0 Å². The molecule has 2 N–H and O–H groups in total. The highest BCUT2D eigenvalue weighted by Crippen LogP contribution is 2.35. The van der Waals surface area contributed by atoms with Crippen molar-refractivity contribution in [2.75, 3.05) is 11.9 Å². The second kappa shape index (κ2) is 4.18. The zero-order valence-electron chi connectivity index (χ0n) is 9.09. The molecule has 94 valence electrons. The van der Waals surface area contributed by atoms with E-state index in [2.05, 4.69) is 10.3 Å². The maximum absolute atomic E-state index is 12.4. The average Bonchev–Trinajstić information content (AvgIpc) is 2.23. The van der Waals surface area contributed by atoms with Crippen molar-refractivity contribution in [3.05, 3.63) is 23.9 Å². The monoisotopic (exact) mass is 246 g/mol. The van der Waals surface area contributed by atoms with Crippen LogP contribution in [0, 0.1) is 0 Å². The third-order valence-electron chi connectivity index (χ3n) is 3.05. The van der Waals surface area contributed by atoms with E-state index in [1.807, 2.05) is 0 Å². The van der Waals surface area contributed by atoms with Crippen LogP contribution in [-0.2, 0) is 6.18 Å². The Labute approximate surface area is 96.7 Å². The molecule has 17 heavy (non-hydrogen) atoms. The number of alkyl halides is 3. The molecule has 0 amide bonds. The van der Waals surface area contributed by atoms with Gasteiger partial charge < -0.3 is 10.4 Å². The number of hydrogen-bond donors (Lipinski definition) is 2. The Kier molecular flexibility index (Phi) is 2.99. The first-order chi connectivity index (χ1) is 7.95. The fourth-order valence-electron chi connectivity index (χ4n) is 1.86. The molecule has 1 aromatic heterocycles. The molecule has 1 heterocycles. The van der Waals surface area contributed by atoms with Crippen molar-refractivity contribution in [1.29, 1.82) is 0 Å². The molecule has 3 nitrogen and oxygen atoms in total. The van der Waals surface area contributed by atoms with Crippen LogP contribution in [0.25, 0.3) is 0 Å². The van der Waals surface area contributed by atoms with Gasteiger partial charge in [-0.15, -0.1) is 0 Å². The largest absolute Gasteiger partial charge is 0.433 e. The van der Waals surface area contributed by atoms with Gasteiger partial charge in [-0.25, -0.2) is 4.98 Å². The molecule has 0 aliphatic heterocycles. The normalized spacial score (nSPS) is 18.6. The Morgan fingerprint density at radius 2 is 2.06 bits per heavy atom. The summed E-state index contributed by atoms with van der Waals surface area (Å²) < 4.78 is 37.3. The van der Waals surface area contributed by atoms with Crippen molar-refractivity contribution >= 4 is 5.82 Å². The highest BCUT2D eigenvalue weighted by molar-refractivity contribution is 5.40. The SMILES string of the molecule is OCC1(Nc2cccc(C(F)(F)F)n2)CCC1. The summed E-state index contributed by atoms with van der Waals surface area (Å²) in [5.74, 6) is 0.161. The average molecular weight is 246 g/mol. The first-order valence-electron chi connectivity index (χ1n) is 5.39. The van der Waals surface area contributed by atoms with E-state index in [1.54, 1.807) is 0 Å². The number of pyridine rings is 1. The van der Waals surface area contributed by atoms with E-state index in [9.17, 15) is 18.3 Å². The van der Waals surface area contributed by atoms with Crippen molar-refractivity contribution in [1.82, 2.24) is 4.98 Å². The zero-order chi connectivity index (χ0) is 12.5. The maximum atomic E-state index is 12.4. The minimum atomic E-state index is -4.44. The van der Waals surface area contributed by atoms with Gasteiger partial charge in [-0.2, -0.15) is 13.2 Å². The number of halogens is 3. The summed E-state index contributed by atoms with van der Waals surface area (Å²) in [5, 5.41) is 12.1. The zero-order valence-corrected chi connectivity index (χ0v) is 9.09. The maximum Gasteiger partial charge on any atom is 0.433 e. The number of anilines is 1. The minimum absolute atomic E-state index is 0.0923. The lowest BCUT2D eigenvalue weighted by Gasteiger charge is -2.41. The molecular weight excluding hydrogens is 233 g/mol. The number of aromatic nitrogens is 1. The molecule has 1 saturated carbocycles. The van der Waals surface area contributed by atoms with E-state index in [1.165, 1.54) is 12.1 Å². The fourth-order valence-corrected chi connectivity index (χ4v) is 1.86. The van der Waals surface area contributed by atoms with Gasteiger partial charge in [0, 0.05) is 0 Å². The molecule has 6 heteroatoms. The van der Waals surface area contributed by atoms with Gasteiger partial charge in [0.1, 0.15) is 11.5 Å². The Hall–Kier alpha value is -1.30. The number of rotatable bonds is 3. The highest BCUT2D eigenvalue weighted by Gasteiger charge is 2.37. The molecule has 0 atom stereocenters. The molecule has 0 saturated heterocycles. The van der Waals surface area contributed by atoms with Crippen LogP contribution in [0.4, 0.5) is 19.0 Å². The van der Waals surface area contributed by atoms with E-state index in [-0.39, 0.29) is 12.4 Å². The van der Waals surface area contributed by atoms with Gasteiger partial charge in [-0.3, -0.25) is 0 Å². The van der Waals surface area contributed by atoms with Crippen LogP contribution in [0.5, 0.6) is 0 Å². The number of aliphatic hydroxyl groups is 1.